The van der Waals surface area contributed by atoms with Gasteiger partial charge in [-0.15, -0.1) is 6.58 Å². The highest BCUT2D eigenvalue weighted by molar-refractivity contribution is 5.65. The van der Waals surface area contributed by atoms with Crippen LogP contribution < -0.4 is 0 Å². The Bertz CT molecular complexity index is 192. The molecule has 0 unspecified atom stereocenters. The van der Waals surface area contributed by atoms with Gasteiger partial charge < -0.3 is 15.1 Å². The van der Waals surface area contributed by atoms with Gasteiger partial charge in [0.1, 0.15) is 0 Å². The lowest BCUT2D eigenvalue weighted by atomic mass is 10.1. The third-order valence-electron chi connectivity index (χ3n) is 1.97. The molecule has 0 aliphatic carbocycles. The largest absolute Gasteiger partial charge is 0.465 e. The lowest BCUT2D eigenvalue weighted by molar-refractivity contribution is 0.109. The van der Waals surface area contributed by atoms with E-state index in [1.165, 1.54) is 4.90 Å². The third kappa shape index (κ3) is 4.28. The van der Waals surface area contributed by atoms with E-state index < -0.39 is 12.2 Å². The summed E-state index contributed by atoms with van der Waals surface area (Å²) >= 11 is 0. The Morgan fingerprint density at radius 3 is 2.50 bits per heavy atom. The van der Waals surface area contributed by atoms with Crippen LogP contribution in [-0.2, 0) is 0 Å². The maximum atomic E-state index is 10.9. The van der Waals surface area contributed by atoms with Crippen molar-refractivity contribution in [3.8, 4) is 0 Å². The fourth-order valence-corrected chi connectivity index (χ4v) is 1.34. The van der Waals surface area contributed by atoms with Crippen LogP contribution in [0.4, 0.5) is 4.79 Å². The van der Waals surface area contributed by atoms with Crippen LogP contribution in [0.25, 0.3) is 0 Å². The molecule has 0 rings (SSSR count). The van der Waals surface area contributed by atoms with Gasteiger partial charge in [-0.25, -0.2) is 4.79 Å². The zero-order valence-electron chi connectivity index (χ0n) is 8.81. The van der Waals surface area contributed by atoms with Crippen LogP contribution in [-0.4, -0.2) is 39.9 Å². The Labute approximate surface area is 84.8 Å². The first kappa shape index (κ1) is 13.0. The number of hydrogen-bond acceptors (Lipinski definition) is 2. The quantitative estimate of drug-likeness (QED) is 0.643. The lowest BCUT2D eigenvalue weighted by Gasteiger charge is -2.27. The Morgan fingerprint density at radius 1 is 1.64 bits per heavy atom. The lowest BCUT2D eigenvalue weighted by Crippen LogP contribution is -2.40. The zero-order valence-corrected chi connectivity index (χ0v) is 8.81. The molecule has 0 radical (unpaired) electrons. The van der Waals surface area contributed by atoms with Gasteiger partial charge >= 0.3 is 6.09 Å². The predicted octanol–water partition coefficient (Wildman–Crippen LogP) is 1.70. The van der Waals surface area contributed by atoms with E-state index in [1.54, 1.807) is 13.0 Å². The summed E-state index contributed by atoms with van der Waals surface area (Å²) in [4.78, 5) is 12.2. The fourth-order valence-electron chi connectivity index (χ4n) is 1.34. The molecule has 0 spiro atoms. The molecule has 82 valence electrons. The van der Waals surface area contributed by atoms with Crippen molar-refractivity contribution in [2.24, 2.45) is 0 Å². The molecule has 2 atom stereocenters. The average Bonchev–Trinajstić information content (AvgIpc) is 2.10. The SMILES string of the molecule is C=C[C@@H](C[C@H](C)O)N(CCC)C(=O)O. The monoisotopic (exact) mass is 201 g/mol. The molecule has 0 heterocycles. The normalized spacial score (nSPS) is 14.5. The first-order valence-corrected chi connectivity index (χ1v) is 4.83. The number of aliphatic hydroxyl groups is 1. The Hall–Kier alpha value is -1.03. The van der Waals surface area contributed by atoms with E-state index in [1.807, 2.05) is 6.92 Å². The van der Waals surface area contributed by atoms with Crippen LogP contribution >= 0.6 is 0 Å². The molecule has 0 aromatic rings. The van der Waals surface area contributed by atoms with Gasteiger partial charge in [-0.2, -0.15) is 0 Å². The molecule has 4 nitrogen and oxygen atoms in total. The Kier molecular flexibility index (Phi) is 5.95. The third-order valence-corrected chi connectivity index (χ3v) is 1.97. The van der Waals surface area contributed by atoms with E-state index in [0.29, 0.717) is 13.0 Å². The number of carboxylic acid groups (broad SMARTS) is 1. The molecular formula is C10H19NO3. The fraction of sp³-hybridized carbons (Fsp3) is 0.700. The smallest absolute Gasteiger partial charge is 0.407 e. The van der Waals surface area contributed by atoms with Crippen molar-refractivity contribution in [2.75, 3.05) is 6.54 Å². The van der Waals surface area contributed by atoms with Gasteiger partial charge in [0.15, 0.2) is 0 Å². The first-order valence-electron chi connectivity index (χ1n) is 4.83. The average molecular weight is 201 g/mol. The molecule has 0 aromatic carbocycles. The molecule has 0 saturated carbocycles. The minimum absolute atomic E-state index is 0.299. The highest BCUT2D eigenvalue weighted by Gasteiger charge is 2.20. The van der Waals surface area contributed by atoms with Crippen LogP contribution in [0, 0.1) is 0 Å². The van der Waals surface area contributed by atoms with E-state index in [9.17, 15) is 9.90 Å². The summed E-state index contributed by atoms with van der Waals surface area (Å²) in [6.45, 7) is 7.61. The summed E-state index contributed by atoms with van der Waals surface area (Å²) in [5.74, 6) is 0. The first-order chi connectivity index (χ1) is 6.52. The molecule has 0 saturated heterocycles. The number of rotatable bonds is 6. The predicted molar refractivity (Wildman–Crippen MR) is 55.3 cm³/mol. The van der Waals surface area contributed by atoms with E-state index in [-0.39, 0.29) is 6.04 Å². The van der Waals surface area contributed by atoms with Crippen LogP contribution in [0.1, 0.15) is 26.7 Å². The molecule has 0 aliphatic rings. The molecule has 14 heavy (non-hydrogen) atoms. The van der Waals surface area contributed by atoms with Crippen LogP contribution in [0.3, 0.4) is 0 Å². The van der Waals surface area contributed by atoms with Gasteiger partial charge in [0, 0.05) is 6.54 Å². The molecule has 0 fully saturated rings. The van der Waals surface area contributed by atoms with Crippen LogP contribution in [0.2, 0.25) is 0 Å². The maximum absolute atomic E-state index is 10.9. The van der Waals surface area contributed by atoms with E-state index in [0.717, 1.165) is 6.42 Å². The van der Waals surface area contributed by atoms with E-state index in [2.05, 4.69) is 6.58 Å². The topological polar surface area (TPSA) is 60.8 Å². The zero-order chi connectivity index (χ0) is 11.1. The summed E-state index contributed by atoms with van der Waals surface area (Å²) in [6, 6.07) is -0.299. The van der Waals surface area contributed by atoms with Crippen molar-refractivity contribution < 1.29 is 15.0 Å². The molecule has 0 aromatic heterocycles. The van der Waals surface area contributed by atoms with Crippen LogP contribution in [0.5, 0.6) is 0 Å². The molecule has 1 amide bonds. The summed E-state index contributed by atoms with van der Waals surface area (Å²) in [5, 5.41) is 18.1. The minimum Gasteiger partial charge on any atom is -0.465 e. The summed E-state index contributed by atoms with van der Waals surface area (Å²) in [7, 11) is 0. The second-order valence-electron chi connectivity index (χ2n) is 3.36. The summed E-state index contributed by atoms with van der Waals surface area (Å²) in [5.41, 5.74) is 0. The summed E-state index contributed by atoms with van der Waals surface area (Å²) < 4.78 is 0. The van der Waals surface area contributed by atoms with Crippen molar-refractivity contribution in [1.29, 1.82) is 0 Å². The molecule has 4 heteroatoms. The number of amides is 1. The Balaban J connectivity index is 4.41. The highest BCUT2D eigenvalue weighted by atomic mass is 16.4. The maximum Gasteiger partial charge on any atom is 0.407 e. The van der Waals surface area contributed by atoms with Gasteiger partial charge in [-0.1, -0.05) is 13.0 Å². The number of nitrogens with zero attached hydrogens (tertiary/aromatic N) is 1. The number of hydrogen-bond donors (Lipinski definition) is 2. The standard InChI is InChI=1S/C10H19NO3/c1-4-6-11(10(13)14)9(5-2)7-8(3)12/h5,8-9,12H,2,4,6-7H2,1,3H3,(H,13,14)/t8-,9-/m0/s1. The molecule has 2 N–H and O–H groups in total. The van der Waals surface area contributed by atoms with Gasteiger partial charge in [-0.05, 0) is 19.8 Å². The number of aliphatic hydroxyl groups excluding tert-OH is 1. The number of carbonyl (C=O) groups is 1. The van der Waals surface area contributed by atoms with Crippen molar-refractivity contribution in [2.45, 2.75) is 38.8 Å². The molecular weight excluding hydrogens is 182 g/mol. The summed E-state index contributed by atoms with van der Waals surface area (Å²) in [6.07, 6.45) is 1.25. The van der Waals surface area contributed by atoms with Gasteiger partial charge in [0.25, 0.3) is 0 Å². The second-order valence-corrected chi connectivity index (χ2v) is 3.36. The molecule has 0 bridgehead atoms. The van der Waals surface area contributed by atoms with Gasteiger partial charge in [0.05, 0.1) is 12.1 Å². The van der Waals surface area contributed by atoms with Gasteiger partial charge in [0.2, 0.25) is 0 Å². The highest BCUT2D eigenvalue weighted by Crippen LogP contribution is 2.09. The van der Waals surface area contributed by atoms with Crippen molar-refractivity contribution in [3.63, 3.8) is 0 Å². The minimum atomic E-state index is -0.961. The van der Waals surface area contributed by atoms with Crippen molar-refractivity contribution >= 4 is 6.09 Å². The molecule has 0 aliphatic heterocycles. The van der Waals surface area contributed by atoms with Crippen molar-refractivity contribution in [1.82, 2.24) is 4.90 Å². The van der Waals surface area contributed by atoms with E-state index in [4.69, 9.17) is 5.11 Å². The second kappa shape index (κ2) is 6.43. The van der Waals surface area contributed by atoms with Crippen LogP contribution in [0.15, 0.2) is 12.7 Å². The van der Waals surface area contributed by atoms with Gasteiger partial charge in [-0.3, -0.25) is 0 Å². The van der Waals surface area contributed by atoms with Crippen molar-refractivity contribution in [3.05, 3.63) is 12.7 Å². The Morgan fingerprint density at radius 2 is 2.21 bits per heavy atom. The van der Waals surface area contributed by atoms with E-state index >= 15 is 0 Å².